The summed E-state index contributed by atoms with van der Waals surface area (Å²) in [7, 11) is 0. The van der Waals surface area contributed by atoms with Gasteiger partial charge in [0.2, 0.25) is 0 Å². The fraction of sp³-hybridized carbons (Fsp3) is 0.263. The van der Waals surface area contributed by atoms with Crippen LogP contribution in [0.1, 0.15) is 23.2 Å². The van der Waals surface area contributed by atoms with E-state index in [-0.39, 0.29) is 16.9 Å². The summed E-state index contributed by atoms with van der Waals surface area (Å²) in [6.45, 7) is 8.28. The van der Waals surface area contributed by atoms with Gasteiger partial charge in [-0.1, -0.05) is 12.1 Å². The van der Waals surface area contributed by atoms with Crippen LogP contribution in [0.25, 0.3) is 4.85 Å². The summed E-state index contributed by atoms with van der Waals surface area (Å²) in [5.74, 6) is -0.757. The molecule has 25 heavy (non-hydrogen) atoms. The van der Waals surface area contributed by atoms with Gasteiger partial charge in [-0.25, -0.2) is 13.6 Å². The van der Waals surface area contributed by atoms with Crippen LogP contribution < -0.4 is 4.90 Å². The second-order valence-corrected chi connectivity index (χ2v) is 7.20. The number of rotatable bonds is 4. The number of benzene rings is 2. The van der Waals surface area contributed by atoms with Gasteiger partial charge >= 0.3 is 0 Å². The Kier molecular flexibility index (Phi) is 5.34. The van der Waals surface area contributed by atoms with Crippen molar-refractivity contribution in [3.63, 3.8) is 0 Å². The van der Waals surface area contributed by atoms with Gasteiger partial charge in [0.05, 0.1) is 12.3 Å². The van der Waals surface area contributed by atoms with Gasteiger partial charge in [0.25, 0.3) is 0 Å². The molecule has 1 saturated heterocycles. The molecular formula is C19H16F2N2OS. The van der Waals surface area contributed by atoms with E-state index in [1.807, 2.05) is 4.90 Å². The molecule has 0 radical (unpaired) electrons. The van der Waals surface area contributed by atoms with Gasteiger partial charge in [-0.2, -0.15) is 0 Å². The number of carbonyl (C=O) groups excluding carboxylic acids is 1. The molecule has 3 rings (SSSR count). The van der Waals surface area contributed by atoms with E-state index < -0.39 is 0 Å². The zero-order valence-corrected chi connectivity index (χ0v) is 14.2. The van der Waals surface area contributed by atoms with Crippen molar-refractivity contribution in [1.82, 2.24) is 0 Å². The van der Waals surface area contributed by atoms with E-state index in [0.717, 1.165) is 12.8 Å². The van der Waals surface area contributed by atoms with Crippen LogP contribution in [0.3, 0.4) is 0 Å². The normalized spacial score (nSPS) is 15.0. The third-order valence-corrected chi connectivity index (χ3v) is 5.62. The number of anilines is 1. The molecule has 0 atom stereocenters. The molecule has 0 unspecified atom stereocenters. The van der Waals surface area contributed by atoms with Crippen molar-refractivity contribution in [3.05, 3.63) is 65.0 Å². The lowest BCUT2D eigenvalue weighted by Crippen LogP contribution is -2.35. The minimum absolute atomic E-state index is 0.249. The maximum atomic E-state index is 14.1. The number of halogens is 2. The van der Waals surface area contributed by atoms with Gasteiger partial charge in [-0.15, -0.1) is 11.8 Å². The lowest BCUT2D eigenvalue weighted by Gasteiger charge is -2.33. The maximum absolute atomic E-state index is 14.1. The van der Waals surface area contributed by atoms with Gasteiger partial charge in [0.15, 0.2) is 5.69 Å². The third-order valence-electron chi connectivity index (χ3n) is 4.23. The fourth-order valence-electron chi connectivity index (χ4n) is 2.90. The van der Waals surface area contributed by atoms with Crippen LogP contribution in [-0.4, -0.2) is 24.6 Å². The fourth-order valence-corrected chi connectivity index (χ4v) is 4.03. The highest BCUT2D eigenvalue weighted by molar-refractivity contribution is 8.00. The number of hydrogen-bond acceptors (Lipinski definition) is 3. The van der Waals surface area contributed by atoms with Gasteiger partial charge < -0.3 is 4.90 Å². The SMILES string of the molecule is [C-]#[N+]c1ccc(N2CCC(Sc3ccc(C=O)cc3F)CC2)c(F)c1. The van der Waals surface area contributed by atoms with Crippen LogP contribution in [-0.2, 0) is 0 Å². The van der Waals surface area contributed by atoms with Crippen molar-refractivity contribution in [2.75, 3.05) is 18.0 Å². The summed E-state index contributed by atoms with van der Waals surface area (Å²) < 4.78 is 28.1. The second-order valence-electron chi connectivity index (χ2n) is 5.86. The van der Waals surface area contributed by atoms with Crippen molar-refractivity contribution < 1.29 is 13.6 Å². The maximum Gasteiger partial charge on any atom is 0.190 e. The van der Waals surface area contributed by atoms with Crippen molar-refractivity contribution in [2.24, 2.45) is 0 Å². The first-order valence-electron chi connectivity index (χ1n) is 7.94. The topological polar surface area (TPSA) is 24.7 Å². The van der Waals surface area contributed by atoms with Crippen LogP contribution in [0.4, 0.5) is 20.2 Å². The Bertz CT molecular complexity index is 827. The Morgan fingerprint density at radius 2 is 1.88 bits per heavy atom. The average molecular weight is 358 g/mol. The summed E-state index contributed by atoms with van der Waals surface area (Å²) in [6.07, 6.45) is 2.25. The molecule has 0 saturated carbocycles. The smallest absolute Gasteiger partial charge is 0.190 e. The number of piperidine rings is 1. The molecule has 1 fully saturated rings. The predicted octanol–water partition coefficient (Wildman–Crippen LogP) is 5.09. The highest BCUT2D eigenvalue weighted by Gasteiger charge is 2.23. The molecule has 0 aliphatic carbocycles. The van der Waals surface area contributed by atoms with E-state index in [2.05, 4.69) is 4.85 Å². The number of aldehydes is 1. The Balaban J connectivity index is 1.62. The molecule has 128 valence electrons. The lowest BCUT2D eigenvalue weighted by molar-refractivity contribution is 0.112. The lowest BCUT2D eigenvalue weighted by atomic mass is 10.1. The highest BCUT2D eigenvalue weighted by Crippen LogP contribution is 2.34. The van der Waals surface area contributed by atoms with Crippen LogP contribution in [0.5, 0.6) is 0 Å². The van der Waals surface area contributed by atoms with Crippen LogP contribution in [0, 0.1) is 18.2 Å². The molecule has 2 aromatic rings. The molecule has 0 spiro atoms. The Morgan fingerprint density at radius 3 is 2.48 bits per heavy atom. The number of nitrogens with zero attached hydrogens (tertiary/aromatic N) is 2. The molecule has 1 aliphatic rings. The van der Waals surface area contributed by atoms with E-state index in [9.17, 15) is 13.6 Å². The summed E-state index contributed by atoms with van der Waals surface area (Å²) in [4.78, 5) is 16.4. The molecule has 1 aliphatic heterocycles. The Hall–Kier alpha value is -2.39. The van der Waals surface area contributed by atoms with E-state index in [0.29, 0.717) is 41.2 Å². The van der Waals surface area contributed by atoms with Gasteiger partial charge in [-0.3, -0.25) is 4.79 Å². The second kappa shape index (κ2) is 7.66. The van der Waals surface area contributed by atoms with Gasteiger partial charge in [0, 0.05) is 28.8 Å². The first kappa shape index (κ1) is 17.4. The standard InChI is InChI=1S/C19H16F2N2OS/c1-22-14-3-4-18(16(20)11-14)23-8-6-15(7-9-23)25-19-5-2-13(12-24)10-17(19)21/h2-5,10-12,15H,6-9H2. The predicted molar refractivity (Wildman–Crippen MR) is 95.5 cm³/mol. The quantitative estimate of drug-likeness (QED) is 0.562. The van der Waals surface area contributed by atoms with Crippen molar-refractivity contribution in [2.45, 2.75) is 23.0 Å². The first-order chi connectivity index (χ1) is 12.1. The molecule has 0 N–H and O–H groups in total. The summed E-state index contributed by atoms with van der Waals surface area (Å²) >= 11 is 1.47. The first-order valence-corrected chi connectivity index (χ1v) is 8.82. The van der Waals surface area contributed by atoms with Crippen molar-refractivity contribution in [3.8, 4) is 0 Å². The summed E-state index contributed by atoms with van der Waals surface area (Å²) in [5, 5.41) is 0.249. The van der Waals surface area contributed by atoms with E-state index in [1.54, 1.807) is 24.3 Å². The molecule has 0 bridgehead atoms. The minimum atomic E-state index is -0.380. The van der Waals surface area contributed by atoms with E-state index in [4.69, 9.17) is 6.57 Å². The summed E-state index contributed by atoms with van der Waals surface area (Å²) in [6, 6.07) is 9.02. The molecule has 0 amide bonds. The number of carbonyl (C=O) groups is 1. The van der Waals surface area contributed by atoms with Gasteiger partial charge in [0.1, 0.15) is 17.9 Å². The number of hydrogen-bond donors (Lipinski definition) is 0. The zero-order valence-electron chi connectivity index (χ0n) is 13.4. The van der Waals surface area contributed by atoms with Crippen LogP contribution >= 0.6 is 11.8 Å². The highest BCUT2D eigenvalue weighted by atomic mass is 32.2. The van der Waals surface area contributed by atoms with E-state index in [1.165, 1.54) is 23.9 Å². The molecule has 0 aromatic heterocycles. The van der Waals surface area contributed by atoms with Crippen molar-refractivity contribution >= 4 is 29.4 Å². The molecule has 3 nitrogen and oxygen atoms in total. The third kappa shape index (κ3) is 3.99. The zero-order chi connectivity index (χ0) is 17.8. The number of thioether (sulfide) groups is 1. The monoisotopic (exact) mass is 358 g/mol. The molecular weight excluding hydrogens is 342 g/mol. The van der Waals surface area contributed by atoms with Crippen LogP contribution in [0.2, 0.25) is 0 Å². The van der Waals surface area contributed by atoms with Gasteiger partial charge in [-0.05, 0) is 37.1 Å². The Morgan fingerprint density at radius 1 is 1.12 bits per heavy atom. The summed E-state index contributed by atoms with van der Waals surface area (Å²) in [5.41, 5.74) is 1.13. The largest absolute Gasteiger partial charge is 0.369 e. The molecule has 1 heterocycles. The van der Waals surface area contributed by atoms with Crippen LogP contribution in [0.15, 0.2) is 41.3 Å². The Labute approximate surface area is 149 Å². The average Bonchev–Trinajstić information content (AvgIpc) is 2.64. The van der Waals surface area contributed by atoms with Crippen molar-refractivity contribution in [1.29, 1.82) is 0 Å². The van der Waals surface area contributed by atoms with E-state index >= 15 is 0 Å². The minimum Gasteiger partial charge on any atom is -0.369 e. The molecule has 2 aromatic carbocycles. The molecule has 6 heteroatoms.